The highest BCUT2D eigenvalue weighted by Gasteiger charge is 2.28. The second-order valence-electron chi connectivity index (χ2n) is 5.73. The second kappa shape index (κ2) is 7.17. The van der Waals surface area contributed by atoms with Gasteiger partial charge in [-0.1, -0.05) is 39.0 Å². The summed E-state index contributed by atoms with van der Waals surface area (Å²) in [6.07, 6.45) is -0.116. The van der Waals surface area contributed by atoms with Crippen molar-refractivity contribution in [1.29, 1.82) is 0 Å². The maximum absolute atomic E-state index is 12.0. The second-order valence-corrected chi connectivity index (χ2v) is 6.14. The maximum Gasteiger partial charge on any atom is 0.326 e. The molecule has 0 fully saturated rings. The molecular formula is C15H20N2O3S. The Morgan fingerprint density at radius 1 is 1.24 bits per heavy atom. The largest absolute Gasteiger partial charge is 0.480 e. The van der Waals surface area contributed by atoms with E-state index in [1.807, 2.05) is 30.3 Å². The predicted molar refractivity (Wildman–Crippen MR) is 86.3 cm³/mol. The van der Waals surface area contributed by atoms with Crippen LogP contribution < -0.4 is 10.6 Å². The molecule has 21 heavy (non-hydrogen) atoms. The molecule has 0 aliphatic carbocycles. The van der Waals surface area contributed by atoms with E-state index in [0.29, 0.717) is 0 Å². The van der Waals surface area contributed by atoms with Crippen molar-refractivity contribution in [1.82, 2.24) is 5.32 Å². The van der Waals surface area contributed by atoms with E-state index in [9.17, 15) is 14.7 Å². The number of Topliss-reactive ketones (excluding diaryl/α,β-unsaturated/α-hetero) is 1. The summed E-state index contributed by atoms with van der Waals surface area (Å²) in [5.74, 6) is -1.24. The van der Waals surface area contributed by atoms with Crippen molar-refractivity contribution in [2.75, 3.05) is 5.32 Å². The van der Waals surface area contributed by atoms with Crippen molar-refractivity contribution < 1.29 is 14.7 Å². The first-order chi connectivity index (χ1) is 9.70. The van der Waals surface area contributed by atoms with E-state index in [-0.39, 0.29) is 17.3 Å². The molecule has 6 heteroatoms. The number of ketones is 1. The number of para-hydroxylation sites is 1. The summed E-state index contributed by atoms with van der Waals surface area (Å²) >= 11 is 5.08. The summed E-state index contributed by atoms with van der Waals surface area (Å²) in [5, 5.41) is 14.9. The Hall–Kier alpha value is -1.95. The van der Waals surface area contributed by atoms with Crippen LogP contribution >= 0.6 is 12.2 Å². The summed E-state index contributed by atoms with van der Waals surface area (Å²) in [6, 6.07) is 8.11. The minimum absolute atomic E-state index is 0.116. The van der Waals surface area contributed by atoms with Gasteiger partial charge in [0.1, 0.15) is 11.8 Å². The third-order valence-electron chi connectivity index (χ3n) is 2.86. The number of carbonyl (C=O) groups is 2. The van der Waals surface area contributed by atoms with Crippen LogP contribution in [0.5, 0.6) is 0 Å². The quantitative estimate of drug-likeness (QED) is 0.725. The number of hydrogen-bond donors (Lipinski definition) is 3. The number of carboxylic acids is 1. The summed E-state index contributed by atoms with van der Waals surface area (Å²) in [6.45, 7) is 5.28. The summed E-state index contributed by atoms with van der Waals surface area (Å²) < 4.78 is 0. The number of benzene rings is 1. The van der Waals surface area contributed by atoms with Gasteiger partial charge in [0, 0.05) is 17.5 Å². The van der Waals surface area contributed by atoms with Gasteiger partial charge in [0.05, 0.1) is 0 Å². The molecule has 0 aromatic heterocycles. The summed E-state index contributed by atoms with van der Waals surface area (Å²) in [4.78, 5) is 23.2. The Morgan fingerprint density at radius 3 is 2.29 bits per heavy atom. The molecule has 1 unspecified atom stereocenters. The van der Waals surface area contributed by atoms with E-state index in [1.54, 1.807) is 20.8 Å². The summed E-state index contributed by atoms with van der Waals surface area (Å²) in [5.41, 5.74) is 0.172. The van der Waals surface area contributed by atoms with Gasteiger partial charge in [-0.3, -0.25) is 4.79 Å². The molecular weight excluding hydrogens is 288 g/mol. The van der Waals surface area contributed by atoms with Gasteiger partial charge in [-0.05, 0) is 24.4 Å². The molecule has 5 nitrogen and oxygen atoms in total. The molecule has 0 saturated heterocycles. The normalized spacial score (nSPS) is 12.3. The van der Waals surface area contributed by atoms with Gasteiger partial charge < -0.3 is 15.7 Å². The number of rotatable bonds is 5. The maximum atomic E-state index is 12.0. The van der Waals surface area contributed by atoms with E-state index in [1.165, 1.54) is 0 Å². The highest BCUT2D eigenvalue weighted by atomic mass is 32.1. The van der Waals surface area contributed by atoms with Crippen LogP contribution in [-0.4, -0.2) is 28.0 Å². The fourth-order valence-electron chi connectivity index (χ4n) is 1.54. The fraction of sp³-hybridized carbons (Fsp3) is 0.400. The number of carboxylic acid groups (broad SMARTS) is 1. The average molecular weight is 308 g/mol. The standard InChI is InChI=1S/C15H20N2O3S/c1-15(2,3)12(18)9-11(13(19)20)17-14(21)16-10-7-5-4-6-8-10/h4-8,11H,9H2,1-3H3,(H,19,20)(H2,16,17,21). The first kappa shape index (κ1) is 17.1. The minimum Gasteiger partial charge on any atom is -0.480 e. The molecule has 1 aromatic rings. The van der Waals surface area contributed by atoms with Crippen molar-refractivity contribution in [3.8, 4) is 0 Å². The lowest BCUT2D eigenvalue weighted by molar-refractivity contribution is -0.141. The van der Waals surface area contributed by atoms with Crippen molar-refractivity contribution in [2.24, 2.45) is 5.41 Å². The van der Waals surface area contributed by atoms with Gasteiger partial charge in [-0.25, -0.2) is 4.79 Å². The Bertz CT molecular complexity index is 523. The molecule has 0 heterocycles. The molecule has 0 amide bonds. The number of aliphatic carboxylic acids is 1. The van der Waals surface area contributed by atoms with Crippen LogP contribution in [0.2, 0.25) is 0 Å². The molecule has 1 aromatic carbocycles. The van der Waals surface area contributed by atoms with Crippen LogP contribution in [0.4, 0.5) is 5.69 Å². The zero-order chi connectivity index (χ0) is 16.0. The minimum atomic E-state index is -1.11. The molecule has 0 saturated carbocycles. The fourth-order valence-corrected chi connectivity index (χ4v) is 1.80. The molecule has 0 aliphatic heterocycles. The Labute approximate surface area is 129 Å². The molecule has 0 spiro atoms. The highest BCUT2D eigenvalue weighted by molar-refractivity contribution is 7.80. The van der Waals surface area contributed by atoms with Crippen molar-refractivity contribution in [3.63, 3.8) is 0 Å². The van der Waals surface area contributed by atoms with Crippen molar-refractivity contribution >= 4 is 34.8 Å². The van der Waals surface area contributed by atoms with E-state index in [4.69, 9.17) is 12.2 Å². The van der Waals surface area contributed by atoms with Gasteiger partial charge in [0.2, 0.25) is 0 Å². The molecule has 0 radical (unpaired) electrons. The first-order valence-corrected chi connectivity index (χ1v) is 6.99. The van der Waals surface area contributed by atoms with Crippen molar-refractivity contribution in [2.45, 2.75) is 33.2 Å². The van der Waals surface area contributed by atoms with Gasteiger partial charge in [0.15, 0.2) is 5.11 Å². The monoisotopic (exact) mass is 308 g/mol. The number of carbonyl (C=O) groups excluding carboxylic acids is 1. The van der Waals surface area contributed by atoms with Gasteiger partial charge in [-0.2, -0.15) is 0 Å². The van der Waals surface area contributed by atoms with Crippen molar-refractivity contribution in [3.05, 3.63) is 30.3 Å². The Morgan fingerprint density at radius 2 is 1.81 bits per heavy atom. The first-order valence-electron chi connectivity index (χ1n) is 6.59. The van der Waals surface area contributed by atoms with E-state index in [2.05, 4.69) is 10.6 Å². The number of thiocarbonyl (C=S) groups is 1. The van der Waals surface area contributed by atoms with Crippen LogP contribution in [0.3, 0.4) is 0 Å². The smallest absolute Gasteiger partial charge is 0.326 e. The number of hydrogen-bond acceptors (Lipinski definition) is 3. The number of anilines is 1. The van der Waals surface area contributed by atoms with Crippen LogP contribution in [0.1, 0.15) is 27.2 Å². The lowest BCUT2D eigenvalue weighted by Gasteiger charge is -2.21. The van der Waals surface area contributed by atoms with E-state index in [0.717, 1.165) is 5.69 Å². The third-order valence-corrected chi connectivity index (χ3v) is 3.08. The lowest BCUT2D eigenvalue weighted by atomic mass is 9.87. The zero-order valence-electron chi connectivity index (χ0n) is 12.3. The van der Waals surface area contributed by atoms with Gasteiger partial charge >= 0.3 is 5.97 Å². The lowest BCUT2D eigenvalue weighted by Crippen LogP contribution is -2.45. The average Bonchev–Trinajstić information content (AvgIpc) is 2.37. The molecule has 3 N–H and O–H groups in total. The van der Waals surface area contributed by atoms with Crippen LogP contribution in [0.25, 0.3) is 0 Å². The summed E-state index contributed by atoms with van der Waals surface area (Å²) in [7, 11) is 0. The van der Waals surface area contributed by atoms with Crippen LogP contribution in [-0.2, 0) is 9.59 Å². The molecule has 0 bridgehead atoms. The van der Waals surface area contributed by atoms with Gasteiger partial charge in [-0.15, -0.1) is 0 Å². The molecule has 114 valence electrons. The Balaban J connectivity index is 2.64. The topological polar surface area (TPSA) is 78.4 Å². The molecule has 0 aliphatic rings. The zero-order valence-corrected chi connectivity index (χ0v) is 13.2. The van der Waals surface area contributed by atoms with E-state index >= 15 is 0 Å². The molecule has 1 rings (SSSR count). The predicted octanol–water partition coefficient (Wildman–Crippen LogP) is 2.43. The third kappa shape index (κ3) is 5.91. The van der Waals surface area contributed by atoms with Crippen LogP contribution in [0, 0.1) is 5.41 Å². The number of nitrogens with one attached hydrogen (secondary N) is 2. The highest BCUT2D eigenvalue weighted by Crippen LogP contribution is 2.18. The van der Waals surface area contributed by atoms with E-state index < -0.39 is 17.4 Å². The molecule has 1 atom stereocenters. The van der Waals surface area contributed by atoms with Crippen LogP contribution in [0.15, 0.2) is 30.3 Å². The Kier molecular flexibility index (Phi) is 5.84. The SMILES string of the molecule is CC(C)(C)C(=O)CC(NC(=S)Nc1ccccc1)C(=O)O. The van der Waals surface area contributed by atoms with Gasteiger partial charge in [0.25, 0.3) is 0 Å².